The number of thioether (sulfide) groups is 1. The predicted octanol–water partition coefficient (Wildman–Crippen LogP) is 4.49. The maximum Gasteiger partial charge on any atom is 0.269 e. The fourth-order valence-electron chi connectivity index (χ4n) is 3.83. The molecule has 9 heteroatoms. The van der Waals surface area contributed by atoms with Crippen LogP contribution in [-0.4, -0.2) is 31.2 Å². The standard InChI is InChI=1S/C20H23N5O3S/c1-2-3-4-11-29-20-22-19-21-15-9-6-10-16(26)17(15)18(24(19)23-20)13-7-5-8-14(12-13)25(27)28/h5,7-8,12,18H,2-4,6,9-11H2,1H3,(H,21,22,23)/t18-/m0/s1. The molecule has 8 nitrogen and oxygen atoms in total. The van der Waals surface area contributed by atoms with E-state index >= 15 is 0 Å². The Hall–Kier alpha value is -2.68. The van der Waals surface area contributed by atoms with Crippen LogP contribution in [0.4, 0.5) is 11.6 Å². The molecule has 0 unspecified atom stereocenters. The van der Waals surface area contributed by atoms with Gasteiger partial charge in [0.1, 0.15) is 6.04 Å². The van der Waals surface area contributed by atoms with E-state index in [1.807, 2.05) is 6.07 Å². The molecule has 0 radical (unpaired) electrons. The molecule has 1 N–H and O–H groups in total. The number of hydrogen-bond donors (Lipinski definition) is 1. The molecule has 4 rings (SSSR count). The van der Waals surface area contributed by atoms with Gasteiger partial charge in [-0.25, -0.2) is 4.68 Å². The first-order valence-corrected chi connectivity index (χ1v) is 10.9. The number of nitro benzene ring substituents is 1. The van der Waals surface area contributed by atoms with Crippen molar-refractivity contribution in [2.75, 3.05) is 11.1 Å². The Kier molecular flexibility index (Phi) is 5.66. The second-order valence-electron chi connectivity index (χ2n) is 7.27. The lowest BCUT2D eigenvalue weighted by molar-refractivity contribution is -0.384. The van der Waals surface area contributed by atoms with Gasteiger partial charge in [-0.3, -0.25) is 14.9 Å². The average molecular weight is 414 g/mol. The summed E-state index contributed by atoms with van der Waals surface area (Å²) in [5, 5.41) is 19.9. The number of nitro groups is 1. The van der Waals surface area contributed by atoms with Crippen LogP contribution in [0.2, 0.25) is 0 Å². The highest BCUT2D eigenvalue weighted by Gasteiger charge is 2.37. The zero-order chi connectivity index (χ0) is 20.4. The summed E-state index contributed by atoms with van der Waals surface area (Å²) in [5.41, 5.74) is 2.19. The van der Waals surface area contributed by atoms with E-state index in [2.05, 4.69) is 22.3 Å². The predicted molar refractivity (Wildman–Crippen MR) is 111 cm³/mol. The molecule has 1 aliphatic carbocycles. The number of nitrogens with zero attached hydrogens (tertiary/aromatic N) is 4. The number of allylic oxidation sites excluding steroid dienone is 2. The summed E-state index contributed by atoms with van der Waals surface area (Å²) in [7, 11) is 0. The minimum absolute atomic E-state index is 0.00210. The molecule has 0 fully saturated rings. The third-order valence-corrected chi connectivity index (χ3v) is 6.15. The number of rotatable bonds is 7. The van der Waals surface area contributed by atoms with Gasteiger partial charge in [0.2, 0.25) is 11.1 Å². The van der Waals surface area contributed by atoms with Crippen molar-refractivity contribution in [3.63, 3.8) is 0 Å². The van der Waals surface area contributed by atoms with Crippen LogP contribution >= 0.6 is 11.8 Å². The molecule has 29 heavy (non-hydrogen) atoms. The minimum atomic E-state index is -0.494. The second kappa shape index (κ2) is 8.36. The maximum absolute atomic E-state index is 12.8. The monoisotopic (exact) mass is 413 g/mol. The maximum atomic E-state index is 12.8. The normalized spacial score (nSPS) is 18.2. The van der Waals surface area contributed by atoms with Gasteiger partial charge in [-0.2, -0.15) is 4.98 Å². The first-order valence-electron chi connectivity index (χ1n) is 9.95. The first kappa shape index (κ1) is 19.6. The number of ketones is 1. The number of carbonyl (C=O) groups excluding carboxylic acids is 1. The average Bonchev–Trinajstić information content (AvgIpc) is 3.12. The molecule has 1 aromatic heterocycles. The van der Waals surface area contributed by atoms with Gasteiger partial charge in [-0.15, -0.1) is 5.10 Å². The molecule has 2 aliphatic rings. The van der Waals surface area contributed by atoms with Crippen LogP contribution in [0.5, 0.6) is 0 Å². The number of unbranched alkanes of at least 4 members (excludes halogenated alkanes) is 2. The smallest absolute Gasteiger partial charge is 0.269 e. The van der Waals surface area contributed by atoms with Crippen LogP contribution in [-0.2, 0) is 4.79 Å². The molecule has 0 amide bonds. The van der Waals surface area contributed by atoms with E-state index in [4.69, 9.17) is 0 Å². The van der Waals surface area contributed by atoms with Crippen LogP contribution in [0.1, 0.15) is 57.1 Å². The van der Waals surface area contributed by atoms with Gasteiger partial charge < -0.3 is 5.32 Å². The van der Waals surface area contributed by atoms with Crippen molar-refractivity contribution in [3.05, 3.63) is 51.2 Å². The Morgan fingerprint density at radius 1 is 1.34 bits per heavy atom. The number of carbonyl (C=O) groups is 1. The SMILES string of the molecule is CCCCCSc1nc2n(n1)[C@@H](c1cccc([N+](=O)[O-])c1)C1=C(CCCC1=O)N2. The Morgan fingerprint density at radius 3 is 3.00 bits per heavy atom. The Balaban J connectivity index is 1.74. The lowest BCUT2D eigenvalue weighted by Crippen LogP contribution is -2.31. The van der Waals surface area contributed by atoms with Crippen molar-refractivity contribution in [2.24, 2.45) is 0 Å². The highest BCUT2D eigenvalue weighted by atomic mass is 32.2. The van der Waals surface area contributed by atoms with Crippen LogP contribution in [0.3, 0.4) is 0 Å². The van der Waals surface area contributed by atoms with Gasteiger partial charge in [0.25, 0.3) is 5.69 Å². The number of aromatic nitrogens is 3. The van der Waals surface area contributed by atoms with Gasteiger partial charge >= 0.3 is 0 Å². The van der Waals surface area contributed by atoms with Crippen molar-refractivity contribution in [2.45, 2.75) is 56.6 Å². The zero-order valence-electron chi connectivity index (χ0n) is 16.3. The Bertz CT molecular complexity index is 984. The Labute approximate surface area is 172 Å². The number of fused-ring (bicyclic) bond motifs is 1. The van der Waals surface area contributed by atoms with Gasteiger partial charge in [0.05, 0.1) is 4.92 Å². The van der Waals surface area contributed by atoms with Gasteiger partial charge in [0, 0.05) is 35.6 Å². The summed E-state index contributed by atoms with van der Waals surface area (Å²) < 4.78 is 1.71. The molecule has 152 valence electrons. The quantitative estimate of drug-likeness (QED) is 0.309. The van der Waals surface area contributed by atoms with Gasteiger partial charge in [-0.1, -0.05) is 43.7 Å². The highest BCUT2D eigenvalue weighted by molar-refractivity contribution is 7.99. The van der Waals surface area contributed by atoms with Crippen LogP contribution in [0.15, 0.2) is 40.7 Å². The number of Topliss-reactive ketones (excluding diaryl/α,β-unsaturated/α-hetero) is 1. The van der Waals surface area contributed by atoms with Gasteiger partial charge in [-0.05, 0) is 24.8 Å². The molecule has 1 atom stereocenters. The van der Waals surface area contributed by atoms with Crippen molar-refractivity contribution in [1.82, 2.24) is 14.8 Å². The molecule has 0 saturated heterocycles. The molecular formula is C20H23N5O3S. The van der Waals surface area contributed by atoms with Crippen molar-refractivity contribution in [1.29, 1.82) is 0 Å². The zero-order valence-corrected chi connectivity index (χ0v) is 17.1. The van der Waals surface area contributed by atoms with Crippen molar-refractivity contribution < 1.29 is 9.72 Å². The fraction of sp³-hybridized carbons (Fsp3) is 0.450. The minimum Gasteiger partial charge on any atom is -0.328 e. The summed E-state index contributed by atoms with van der Waals surface area (Å²) in [5.74, 6) is 1.59. The highest BCUT2D eigenvalue weighted by Crippen LogP contribution is 2.41. The summed E-state index contributed by atoms with van der Waals surface area (Å²) in [6.07, 6.45) is 5.45. The molecule has 0 spiro atoms. The largest absolute Gasteiger partial charge is 0.328 e. The summed E-state index contributed by atoms with van der Waals surface area (Å²) in [4.78, 5) is 28.3. The van der Waals surface area contributed by atoms with E-state index in [9.17, 15) is 14.9 Å². The molecule has 2 aromatic rings. The van der Waals surface area contributed by atoms with Crippen LogP contribution < -0.4 is 5.32 Å². The molecule has 0 bridgehead atoms. The molecule has 1 aromatic carbocycles. The second-order valence-corrected chi connectivity index (χ2v) is 8.33. The van der Waals surface area contributed by atoms with Crippen molar-refractivity contribution >= 4 is 29.2 Å². The van der Waals surface area contributed by atoms with E-state index in [-0.39, 0.29) is 11.5 Å². The first-order chi connectivity index (χ1) is 14.1. The van der Waals surface area contributed by atoms with E-state index in [0.717, 1.165) is 37.1 Å². The summed E-state index contributed by atoms with van der Waals surface area (Å²) in [6.45, 7) is 2.17. The van der Waals surface area contributed by atoms with Gasteiger partial charge in [0.15, 0.2) is 5.78 Å². The van der Waals surface area contributed by atoms with Crippen LogP contribution in [0, 0.1) is 10.1 Å². The van der Waals surface area contributed by atoms with E-state index < -0.39 is 11.0 Å². The molecule has 0 saturated carbocycles. The number of benzene rings is 1. The lowest BCUT2D eigenvalue weighted by Gasteiger charge is -2.32. The number of anilines is 1. The Morgan fingerprint density at radius 2 is 2.21 bits per heavy atom. The molecule has 2 heterocycles. The number of non-ortho nitro benzene ring substituents is 1. The topological polar surface area (TPSA) is 103 Å². The third kappa shape index (κ3) is 3.91. The van der Waals surface area contributed by atoms with E-state index in [0.29, 0.717) is 28.7 Å². The van der Waals surface area contributed by atoms with E-state index in [1.165, 1.54) is 18.6 Å². The fourth-order valence-corrected chi connectivity index (χ4v) is 4.66. The number of hydrogen-bond acceptors (Lipinski definition) is 7. The lowest BCUT2D eigenvalue weighted by atomic mass is 9.85. The molecule has 1 aliphatic heterocycles. The van der Waals surface area contributed by atoms with Crippen molar-refractivity contribution in [3.8, 4) is 0 Å². The summed E-state index contributed by atoms with van der Waals surface area (Å²) >= 11 is 1.60. The van der Waals surface area contributed by atoms with E-state index in [1.54, 1.807) is 22.5 Å². The number of nitrogens with one attached hydrogen (secondary N) is 1. The molecular weight excluding hydrogens is 390 g/mol. The third-order valence-electron chi connectivity index (χ3n) is 5.22. The van der Waals surface area contributed by atoms with Crippen LogP contribution in [0.25, 0.3) is 0 Å². The summed E-state index contributed by atoms with van der Waals surface area (Å²) in [6, 6.07) is 5.96.